The minimum atomic E-state index is -3.44. The molecule has 0 radical (unpaired) electrons. The lowest BCUT2D eigenvalue weighted by Crippen LogP contribution is -2.35. The van der Waals surface area contributed by atoms with Crippen molar-refractivity contribution in [2.45, 2.75) is 42.7 Å². The van der Waals surface area contributed by atoms with Gasteiger partial charge in [0.25, 0.3) is 10.0 Å². The first-order valence-electron chi connectivity index (χ1n) is 10.3. The third kappa shape index (κ3) is 4.65. The summed E-state index contributed by atoms with van der Waals surface area (Å²) in [5.41, 5.74) is 1.87. The lowest BCUT2D eigenvalue weighted by Gasteiger charge is -2.25. The van der Waals surface area contributed by atoms with E-state index in [0.29, 0.717) is 17.3 Å². The molecular formula is C21H27N3O3S2. The zero-order valence-corrected chi connectivity index (χ0v) is 18.1. The molecule has 1 aromatic carbocycles. The van der Waals surface area contributed by atoms with E-state index in [1.165, 1.54) is 24.2 Å². The fourth-order valence-electron chi connectivity index (χ4n) is 3.99. The maximum atomic E-state index is 12.8. The van der Waals surface area contributed by atoms with E-state index in [1.807, 2.05) is 24.3 Å². The first-order valence-corrected chi connectivity index (χ1v) is 12.5. The van der Waals surface area contributed by atoms with Crippen molar-refractivity contribution in [2.75, 3.05) is 36.4 Å². The Bertz CT molecular complexity index is 959. The maximum Gasteiger partial charge on any atom is 0.252 e. The van der Waals surface area contributed by atoms with E-state index in [0.717, 1.165) is 48.6 Å². The van der Waals surface area contributed by atoms with Gasteiger partial charge in [-0.2, -0.15) is 4.31 Å². The molecule has 3 heterocycles. The van der Waals surface area contributed by atoms with Gasteiger partial charge in [-0.3, -0.25) is 4.79 Å². The number of nitrogens with one attached hydrogen (secondary N) is 1. The number of thiophene rings is 1. The second-order valence-electron chi connectivity index (χ2n) is 7.62. The van der Waals surface area contributed by atoms with Gasteiger partial charge in [0, 0.05) is 31.1 Å². The molecular weight excluding hydrogens is 406 g/mol. The van der Waals surface area contributed by atoms with Gasteiger partial charge in [0.1, 0.15) is 4.21 Å². The van der Waals surface area contributed by atoms with E-state index in [1.54, 1.807) is 16.4 Å². The number of carbonyl (C=O) groups excluding carboxylic acids is 1. The monoisotopic (exact) mass is 433 g/mol. The standard InChI is InChI=1S/C21H27N3O3S2/c25-20(22-18-8-2-3-9-19(18)23-12-6-7-13-23)16-17-10-11-21(28-17)29(26,27)24-14-4-1-5-15-24/h2-3,8-11H,1,4-7,12-16H2,(H,22,25). The molecule has 156 valence electrons. The summed E-state index contributed by atoms with van der Waals surface area (Å²) < 4.78 is 27.5. The fraction of sp³-hybridized carbons (Fsp3) is 0.476. The number of nitrogens with zero attached hydrogens (tertiary/aromatic N) is 2. The number of hydrogen-bond acceptors (Lipinski definition) is 5. The molecule has 0 atom stereocenters. The van der Waals surface area contributed by atoms with E-state index >= 15 is 0 Å². The number of amides is 1. The smallest absolute Gasteiger partial charge is 0.252 e. The van der Waals surface area contributed by atoms with Gasteiger partial charge < -0.3 is 10.2 Å². The maximum absolute atomic E-state index is 12.8. The minimum Gasteiger partial charge on any atom is -0.370 e. The van der Waals surface area contributed by atoms with Gasteiger partial charge in [-0.15, -0.1) is 11.3 Å². The summed E-state index contributed by atoms with van der Waals surface area (Å²) in [5, 5.41) is 3.01. The van der Waals surface area contributed by atoms with Crippen LogP contribution in [0.25, 0.3) is 0 Å². The molecule has 6 nitrogen and oxygen atoms in total. The normalized spacial score (nSPS) is 18.1. The van der Waals surface area contributed by atoms with Crippen LogP contribution < -0.4 is 10.2 Å². The predicted octanol–water partition coefficient (Wildman–Crippen LogP) is 3.70. The van der Waals surface area contributed by atoms with Gasteiger partial charge in [-0.1, -0.05) is 18.6 Å². The van der Waals surface area contributed by atoms with Crippen molar-refractivity contribution >= 4 is 38.6 Å². The van der Waals surface area contributed by atoms with E-state index in [2.05, 4.69) is 10.2 Å². The number of benzene rings is 1. The van der Waals surface area contributed by atoms with Gasteiger partial charge in [-0.25, -0.2) is 8.42 Å². The summed E-state index contributed by atoms with van der Waals surface area (Å²) in [6, 6.07) is 11.3. The first kappa shape index (κ1) is 20.4. The molecule has 0 bridgehead atoms. The molecule has 0 unspecified atom stereocenters. The van der Waals surface area contributed by atoms with Gasteiger partial charge >= 0.3 is 0 Å². The van der Waals surface area contributed by atoms with Gasteiger partial charge in [0.05, 0.1) is 17.8 Å². The molecule has 2 saturated heterocycles. The molecule has 2 aliphatic rings. The molecule has 2 aromatic rings. The van der Waals surface area contributed by atoms with Crippen molar-refractivity contribution in [3.05, 3.63) is 41.3 Å². The molecule has 0 aliphatic carbocycles. The molecule has 8 heteroatoms. The van der Waals surface area contributed by atoms with E-state index in [-0.39, 0.29) is 12.3 Å². The third-order valence-corrected chi connectivity index (χ3v) is 8.96. The summed E-state index contributed by atoms with van der Waals surface area (Å²) in [7, 11) is -3.44. The van der Waals surface area contributed by atoms with Crippen LogP contribution in [0.1, 0.15) is 37.0 Å². The first-order chi connectivity index (χ1) is 14.0. The zero-order valence-electron chi connectivity index (χ0n) is 16.5. The summed E-state index contributed by atoms with van der Waals surface area (Å²) >= 11 is 1.20. The van der Waals surface area contributed by atoms with Crippen molar-refractivity contribution in [1.29, 1.82) is 0 Å². The van der Waals surface area contributed by atoms with Crippen molar-refractivity contribution in [2.24, 2.45) is 0 Å². The Morgan fingerprint density at radius 2 is 1.62 bits per heavy atom. The highest BCUT2D eigenvalue weighted by Crippen LogP contribution is 2.30. The Morgan fingerprint density at radius 1 is 0.931 bits per heavy atom. The summed E-state index contributed by atoms with van der Waals surface area (Å²) in [5.74, 6) is -0.125. The summed E-state index contributed by atoms with van der Waals surface area (Å²) in [4.78, 5) is 15.7. The Balaban J connectivity index is 1.42. The lowest BCUT2D eigenvalue weighted by atomic mass is 10.2. The van der Waals surface area contributed by atoms with Crippen LogP contribution in [0.15, 0.2) is 40.6 Å². The highest BCUT2D eigenvalue weighted by Gasteiger charge is 2.27. The average molecular weight is 434 g/mol. The van der Waals surface area contributed by atoms with Crippen LogP contribution in [-0.2, 0) is 21.2 Å². The second-order valence-corrected chi connectivity index (χ2v) is 11.0. The van der Waals surface area contributed by atoms with Crippen LogP contribution in [-0.4, -0.2) is 44.8 Å². The van der Waals surface area contributed by atoms with E-state index in [9.17, 15) is 13.2 Å². The molecule has 0 spiro atoms. The molecule has 2 fully saturated rings. The number of rotatable bonds is 6. The van der Waals surface area contributed by atoms with Crippen LogP contribution >= 0.6 is 11.3 Å². The molecule has 2 aliphatic heterocycles. The number of hydrogen-bond donors (Lipinski definition) is 1. The Morgan fingerprint density at radius 3 is 2.38 bits per heavy atom. The fourth-order valence-corrected chi connectivity index (χ4v) is 7.02. The Hall–Kier alpha value is -1.90. The van der Waals surface area contributed by atoms with Crippen molar-refractivity contribution in [3.8, 4) is 0 Å². The van der Waals surface area contributed by atoms with Crippen molar-refractivity contribution < 1.29 is 13.2 Å². The zero-order chi connectivity index (χ0) is 20.3. The Kier molecular flexibility index (Phi) is 6.22. The largest absolute Gasteiger partial charge is 0.370 e. The average Bonchev–Trinajstić information content (AvgIpc) is 3.41. The van der Waals surface area contributed by atoms with Crippen LogP contribution in [0.3, 0.4) is 0 Å². The lowest BCUT2D eigenvalue weighted by molar-refractivity contribution is -0.115. The highest BCUT2D eigenvalue weighted by atomic mass is 32.2. The minimum absolute atomic E-state index is 0.125. The topological polar surface area (TPSA) is 69.7 Å². The predicted molar refractivity (Wildman–Crippen MR) is 117 cm³/mol. The molecule has 1 N–H and O–H groups in total. The van der Waals surface area contributed by atoms with E-state index < -0.39 is 10.0 Å². The number of sulfonamides is 1. The quantitative estimate of drug-likeness (QED) is 0.754. The van der Waals surface area contributed by atoms with Crippen molar-refractivity contribution in [3.63, 3.8) is 0 Å². The third-order valence-electron chi connectivity index (χ3n) is 5.51. The number of para-hydroxylation sites is 2. The molecule has 0 saturated carbocycles. The number of piperidine rings is 1. The highest BCUT2D eigenvalue weighted by molar-refractivity contribution is 7.91. The van der Waals surface area contributed by atoms with Gasteiger partial charge in [0.2, 0.25) is 5.91 Å². The van der Waals surface area contributed by atoms with E-state index in [4.69, 9.17) is 0 Å². The second kappa shape index (κ2) is 8.85. The van der Waals surface area contributed by atoms with Crippen LogP contribution in [0.5, 0.6) is 0 Å². The SMILES string of the molecule is O=C(Cc1ccc(S(=O)(=O)N2CCCCC2)s1)Nc1ccccc1N1CCCC1. The number of carbonyl (C=O) groups is 1. The number of anilines is 2. The van der Waals surface area contributed by atoms with Crippen LogP contribution in [0.2, 0.25) is 0 Å². The molecule has 1 amide bonds. The summed E-state index contributed by atoms with van der Waals surface area (Å²) in [6.07, 6.45) is 5.43. The van der Waals surface area contributed by atoms with Crippen molar-refractivity contribution in [1.82, 2.24) is 4.31 Å². The van der Waals surface area contributed by atoms with Crippen LogP contribution in [0, 0.1) is 0 Å². The molecule has 29 heavy (non-hydrogen) atoms. The van der Waals surface area contributed by atoms with Gasteiger partial charge in [-0.05, 0) is 49.9 Å². The summed E-state index contributed by atoms with van der Waals surface area (Å²) in [6.45, 7) is 3.19. The Labute approximate surface area is 176 Å². The molecule has 1 aromatic heterocycles. The van der Waals surface area contributed by atoms with Crippen LogP contribution in [0.4, 0.5) is 11.4 Å². The van der Waals surface area contributed by atoms with Gasteiger partial charge in [0.15, 0.2) is 0 Å². The molecule has 4 rings (SSSR count).